The van der Waals surface area contributed by atoms with E-state index in [1.54, 1.807) is 0 Å². The zero-order valence-electron chi connectivity index (χ0n) is 26.0. The van der Waals surface area contributed by atoms with Gasteiger partial charge in [0.1, 0.15) is 19.3 Å². The van der Waals surface area contributed by atoms with Crippen molar-refractivity contribution in [1.29, 1.82) is 0 Å². The van der Waals surface area contributed by atoms with Gasteiger partial charge in [-0.15, -0.1) is 0 Å². The summed E-state index contributed by atoms with van der Waals surface area (Å²) in [4.78, 5) is 49.9. The fourth-order valence-corrected chi connectivity index (χ4v) is 5.52. The zero-order chi connectivity index (χ0) is 32.2. The molecule has 2 fully saturated rings. The first-order valence-electron chi connectivity index (χ1n) is 15.1. The maximum atomic E-state index is 15.9. The molecule has 0 aromatic heterocycles. The Balaban J connectivity index is 1.99. The van der Waals surface area contributed by atoms with E-state index in [0.717, 1.165) is 19.3 Å². The molecule has 0 radical (unpaired) electrons. The van der Waals surface area contributed by atoms with Gasteiger partial charge in [-0.1, -0.05) is 59.4 Å². The van der Waals surface area contributed by atoms with E-state index in [2.05, 4.69) is 39.2 Å². The second-order valence-corrected chi connectivity index (χ2v) is 11.6. The Morgan fingerprint density at radius 1 is 1.05 bits per heavy atom. The lowest BCUT2D eigenvalue weighted by molar-refractivity contribution is -0.173. The Kier molecular flexibility index (Phi) is 14.4. The number of esters is 2. The highest BCUT2D eigenvalue weighted by molar-refractivity contribution is 5.87. The fraction of sp³-hybridized carbons (Fsp3) is 0.742. The number of halogens is 1. The van der Waals surface area contributed by atoms with Crippen molar-refractivity contribution in [1.82, 2.24) is 5.32 Å². The van der Waals surface area contributed by atoms with Crippen LogP contribution in [-0.2, 0) is 38.0 Å². The topological polar surface area (TPSA) is 136 Å². The van der Waals surface area contributed by atoms with Crippen molar-refractivity contribution in [3.8, 4) is 0 Å². The highest BCUT2D eigenvalue weighted by atomic mass is 19.1. The van der Waals surface area contributed by atoms with Crippen LogP contribution < -0.4 is 5.32 Å². The Morgan fingerprint density at radius 3 is 2.35 bits per heavy atom. The fourth-order valence-electron chi connectivity index (χ4n) is 5.52. The number of amides is 1. The molecule has 0 bridgehead atoms. The van der Waals surface area contributed by atoms with Crippen LogP contribution in [0, 0.1) is 23.7 Å². The van der Waals surface area contributed by atoms with Crippen molar-refractivity contribution in [2.45, 2.75) is 103 Å². The molecule has 43 heavy (non-hydrogen) atoms. The molecule has 1 amide bonds. The largest absolute Gasteiger partial charge is 0.511 e. The summed E-state index contributed by atoms with van der Waals surface area (Å²) in [7, 11) is 0. The second kappa shape index (κ2) is 17.2. The van der Waals surface area contributed by atoms with E-state index >= 15 is 4.39 Å². The highest BCUT2D eigenvalue weighted by Gasteiger charge is 2.73. The average Bonchev–Trinajstić information content (AvgIpc) is 3.49. The quantitative estimate of drug-likeness (QED) is 0.0981. The molecule has 0 spiro atoms. The number of ether oxygens (including phenoxy) is 6. The Labute approximate surface area is 253 Å². The summed E-state index contributed by atoms with van der Waals surface area (Å²) in [6, 6.07) is -1.26. The SMILES string of the molecule is C=CCOC(=O)NC1C(CC(CC(=O)OC(C)OC(=O)OC2CC(C)CCC2C(C)C)OCCC)C1(F)C(=O)OCC=C. The lowest BCUT2D eigenvalue weighted by atomic mass is 9.75. The first-order valence-corrected chi connectivity index (χ1v) is 15.1. The van der Waals surface area contributed by atoms with Gasteiger partial charge in [0.05, 0.1) is 18.6 Å². The van der Waals surface area contributed by atoms with E-state index in [-0.39, 0.29) is 44.7 Å². The van der Waals surface area contributed by atoms with Crippen molar-refractivity contribution in [2.75, 3.05) is 19.8 Å². The third-order valence-electron chi connectivity index (χ3n) is 7.77. The van der Waals surface area contributed by atoms with Crippen LogP contribution >= 0.6 is 0 Å². The summed E-state index contributed by atoms with van der Waals surface area (Å²) < 4.78 is 47.5. The Bertz CT molecular complexity index is 974. The standard InChI is InChI=1S/C31H48FNO10/c1-8-13-38-22(17-24-27(33-29(36)40-15-10-3)31(24,32)28(35)39-14-9-2)18-26(34)41-21(7)42-30(37)43-25-16-20(6)11-12-23(25)19(4)5/h9-10,19-25,27H,2-3,8,11-18H2,1,4-7H3,(H,33,36). The van der Waals surface area contributed by atoms with Gasteiger partial charge >= 0.3 is 24.2 Å². The van der Waals surface area contributed by atoms with E-state index in [9.17, 15) is 19.2 Å². The normalized spacial score (nSPS) is 27.7. The van der Waals surface area contributed by atoms with Gasteiger partial charge in [-0.2, -0.15) is 0 Å². The van der Waals surface area contributed by atoms with E-state index in [1.165, 1.54) is 19.1 Å². The lowest BCUT2D eigenvalue weighted by Crippen LogP contribution is -2.37. The van der Waals surface area contributed by atoms with Gasteiger partial charge in [0, 0.05) is 19.4 Å². The summed E-state index contributed by atoms with van der Waals surface area (Å²) >= 11 is 0. The summed E-state index contributed by atoms with van der Waals surface area (Å²) in [6.45, 7) is 16.4. The van der Waals surface area contributed by atoms with Crippen molar-refractivity contribution in [3.05, 3.63) is 25.3 Å². The molecule has 0 heterocycles. The molecule has 0 aliphatic heterocycles. The molecule has 244 valence electrons. The van der Waals surface area contributed by atoms with Crippen molar-refractivity contribution >= 4 is 24.2 Å². The van der Waals surface area contributed by atoms with E-state index in [1.807, 2.05) is 6.92 Å². The molecule has 2 aliphatic carbocycles. The number of rotatable bonds is 17. The molecule has 2 aliphatic rings. The molecule has 0 aromatic rings. The molecule has 2 rings (SSSR count). The molecule has 2 saturated carbocycles. The molecular weight excluding hydrogens is 565 g/mol. The molecule has 0 aromatic carbocycles. The van der Waals surface area contributed by atoms with Crippen LogP contribution in [0.1, 0.15) is 73.1 Å². The summed E-state index contributed by atoms with van der Waals surface area (Å²) in [5.41, 5.74) is -2.56. The minimum atomic E-state index is -2.56. The van der Waals surface area contributed by atoms with Crippen molar-refractivity contribution < 1.29 is 52.0 Å². The molecular formula is C31H48FNO10. The van der Waals surface area contributed by atoms with Crippen molar-refractivity contribution in [2.24, 2.45) is 23.7 Å². The minimum absolute atomic E-state index is 0.108. The van der Waals surface area contributed by atoms with Crippen LogP contribution in [0.3, 0.4) is 0 Å². The first-order chi connectivity index (χ1) is 20.4. The zero-order valence-corrected chi connectivity index (χ0v) is 26.0. The monoisotopic (exact) mass is 613 g/mol. The smallest absolute Gasteiger partial charge is 0.459 e. The van der Waals surface area contributed by atoms with Crippen LogP contribution in [0.25, 0.3) is 0 Å². The van der Waals surface area contributed by atoms with Gasteiger partial charge in [0.2, 0.25) is 12.0 Å². The number of carbonyl (C=O) groups excluding carboxylic acids is 4. The Morgan fingerprint density at radius 2 is 1.72 bits per heavy atom. The number of hydrogen-bond acceptors (Lipinski definition) is 10. The first kappa shape index (κ1) is 36.0. The number of hydrogen-bond donors (Lipinski definition) is 1. The lowest BCUT2D eigenvalue weighted by Gasteiger charge is -2.36. The number of alkyl carbamates (subject to hydrolysis) is 1. The third kappa shape index (κ3) is 10.8. The molecule has 0 saturated heterocycles. The van der Waals surface area contributed by atoms with Crippen molar-refractivity contribution in [3.63, 3.8) is 0 Å². The van der Waals surface area contributed by atoms with Crippen LogP contribution in [0.5, 0.6) is 0 Å². The van der Waals surface area contributed by atoms with E-state index in [4.69, 9.17) is 28.4 Å². The van der Waals surface area contributed by atoms with Crippen LogP contribution in [0.2, 0.25) is 0 Å². The minimum Gasteiger partial charge on any atom is -0.459 e. The summed E-state index contributed by atoms with van der Waals surface area (Å²) in [5.74, 6) is -2.01. The highest BCUT2D eigenvalue weighted by Crippen LogP contribution is 2.52. The second-order valence-electron chi connectivity index (χ2n) is 11.6. The predicted octanol–water partition coefficient (Wildman–Crippen LogP) is 5.41. The van der Waals surface area contributed by atoms with Gasteiger partial charge in [0.25, 0.3) is 0 Å². The van der Waals surface area contributed by atoms with E-state index in [0.29, 0.717) is 18.3 Å². The summed E-state index contributed by atoms with van der Waals surface area (Å²) in [6.07, 6.45) is 1.34. The average molecular weight is 614 g/mol. The maximum absolute atomic E-state index is 15.9. The summed E-state index contributed by atoms with van der Waals surface area (Å²) in [5, 5.41) is 2.35. The van der Waals surface area contributed by atoms with E-state index < -0.39 is 54.2 Å². The third-order valence-corrected chi connectivity index (χ3v) is 7.77. The molecule has 1 N–H and O–H groups in total. The molecule has 11 nitrogen and oxygen atoms in total. The molecule has 8 atom stereocenters. The Hall–Kier alpha value is -3.15. The van der Waals surface area contributed by atoms with Crippen LogP contribution in [0.15, 0.2) is 25.3 Å². The molecule has 8 unspecified atom stereocenters. The van der Waals surface area contributed by atoms with Gasteiger partial charge in [-0.3, -0.25) is 4.79 Å². The van der Waals surface area contributed by atoms with Gasteiger partial charge in [0.15, 0.2) is 0 Å². The van der Waals surface area contributed by atoms with Gasteiger partial charge < -0.3 is 33.7 Å². The number of nitrogens with one attached hydrogen (secondary N) is 1. The molecule has 12 heteroatoms. The number of alkyl halides is 1. The van der Waals surface area contributed by atoms with Gasteiger partial charge in [-0.25, -0.2) is 18.8 Å². The van der Waals surface area contributed by atoms with Crippen LogP contribution in [-0.4, -0.2) is 74.2 Å². The predicted molar refractivity (Wildman–Crippen MR) is 154 cm³/mol. The van der Waals surface area contributed by atoms with Crippen LogP contribution in [0.4, 0.5) is 14.0 Å². The van der Waals surface area contributed by atoms with Gasteiger partial charge in [-0.05, 0) is 43.4 Å². The maximum Gasteiger partial charge on any atom is 0.511 e. The number of carbonyl (C=O) groups is 4.